The highest BCUT2D eigenvalue weighted by Gasteiger charge is 2.56. The Labute approximate surface area is 209 Å². The van der Waals surface area contributed by atoms with Crippen LogP contribution in [0.3, 0.4) is 0 Å². The second-order valence-corrected chi connectivity index (χ2v) is 9.86. The van der Waals surface area contributed by atoms with Crippen molar-refractivity contribution in [1.29, 1.82) is 5.26 Å². The van der Waals surface area contributed by atoms with E-state index in [9.17, 15) is 19.2 Å². The van der Waals surface area contributed by atoms with Crippen LogP contribution in [0.2, 0.25) is 0 Å². The SMILES string of the molecule is Cc1cc(N2CCC(C#N)(C3CC3)C2=O)cc(C(=O)NCc2cc(F)cc(C3=CC(C)NC=C3)c2)n1. The molecule has 184 valence electrons. The van der Waals surface area contributed by atoms with Gasteiger partial charge in [0.05, 0.1) is 6.07 Å². The minimum atomic E-state index is -0.953. The molecule has 36 heavy (non-hydrogen) atoms. The first-order valence-corrected chi connectivity index (χ1v) is 12.2. The average Bonchev–Trinajstić information content (AvgIpc) is 3.65. The summed E-state index contributed by atoms with van der Waals surface area (Å²) in [5, 5.41) is 15.7. The van der Waals surface area contributed by atoms with E-state index in [4.69, 9.17) is 0 Å². The molecular weight excluding hydrogens is 457 g/mol. The van der Waals surface area contributed by atoms with Gasteiger partial charge in [-0.25, -0.2) is 9.37 Å². The van der Waals surface area contributed by atoms with E-state index in [0.29, 0.717) is 29.9 Å². The number of amides is 2. The van der Waals surface area contributed by atoms with Crippen LogP contribution in [0.15, 0.2) is 48.7 Å². The number of nitrogens with one attached hydrogen (secondary N) is 2. The molecule has 2 aliphatic heterocycles. The van der Waals surface area contributed by atoms with Crippen molar-refractivity contribution in [3.8, 4) is 6.07 Å². The smallest absolute Gasteiger partial charge is 0.270 e. The molecule has 2 unspecified atom stereocenters. The van der Waals surface area contributed by atoms with Crippen LogP contribution in [0, 0.1) is 35.4 Å². The zero-order chi connectivity index (χ0) is 25.4. The number of carbonyl (C=O) groups excluding carboxylic acids is 2. The number of nitriles is 1. The molecule has 1 aromatic heterocycles. The Kier molecular flexibility index (Phi) is 6.09. The number of aryl methyl sites for hydroxylation is 1. The molecule has 2 N–H and O–H groups in total. The molecule has 2 aromatic rings. The fourth-order valence-corrected chi connectivity index (χ4v) is 5.10. The summed E-state index contributed by atoms with van der Waals surface area (Å²) in [6.45, 7) is 4.34. The standard InChI is InChI=1S/C28H28FN5O2/c1-17-9-20(5-7-31-17)21-11-19(12-23(29)13-21)15-32-26(35)25-14-24(10-18(2)33-25)34-8-6-28(16-30,27(34)36)22-3-4-22/h5,7,9-14,17,22,31H,3-4,6,8,15H2,1-2H3,(H,32,35). The van der Waals surface area contributed by atoms with Crippen molar-refractivity contribution in [2.45, 2.75) is 45.7 Å². The van der Waals surface area contributed by atoms with Crippen LogP contribution in [0.4, 0.5) is 10.1 Å². The van der Waals surface area contributed by atoms with Gasteiger partial charge in [-0.3, -0.25) is 9.59 Å². The number of dihydropyridines is 1. The maximum absolute atomic E-state index is 14.3. The summed E-state index contributed by atoms with van der Waals surface area (Å²) < 4.78 is 14.3. The third kappa shape index (κ3) is 4.49. The van der Waals surface area contributed by atoms with Crippen molar-refractivity contribution >= 4 is 23.1 Å². The van der Waals surface area contributed by atoms with Crippen LogP contribution in [0.1, 0.15) is 53.5 Å². The highest BCUT2D eigenvalue weighted by Crippen LogP contribution is 2.51. The second kappa shape index (κ2) is 9.23. The number of carbonyl (C=O) groups is 2. The molecule has 5 rings (SSSR count). The first-order chi connectivity index (χ1) is 17.3. The summed E-state index contributed by atoms with van der Waals surface area (Å²) in [7, 11) is 0. The van der Waals surface area contributed by atoms with Gasteiger partial charge in [0.15, 0.2) is 0 Å². The molecule has 0 bridgehead atoms. The lowest BCUT2D eigenvalue weighted by molar-refractivity contribution is -0.123. The Morgan fingerprint density at radius 2 is 2.11 bits per heavy atom. The van der Waals surface area contributed by atoms with Crippen molar-refractivity contribution in [2.24, 2.45) is 11.3 Å². The van der Waals surface area contributed by atoms with E-state index in [0.717, 1.165) is 24.0 Å². The second-order valence-electron chi connectivity index (χ2n) is 9.86. The van der Waals surface area contributed by atoms with Crippen LogP contribution in [0.25, 0.3) is 5.57 Å². The number of rotatable bonds is 6. The van der Waals surface area contributed by atoms with Gasteiger partial charge in [0.25, 0.3) is 5.91 Å². The van der Waals surface area contributed by atoms with Crippen LogP contribution >= 0.6 is 0 Å². The number of hydrogen-bond acceptors (Lipinski definition) is 5. The monoisotopic (exact) mass is 485 g/mol. The zero-order valence-corrected chi connectivity index (χ0v) is 20.3. The summed E-state index contributed by atoms with van der Waals surface area (Å²) in [5.74, 6) is -0.855. The highest BCUT2D eigenvalue weighted by atomic mass is 19.1. The van der Waals surface area contributed by atoms with E-state index in [1.54, 1.807) is 24.0 Å². The van der Waals surface area contributed by atoms with Crippen LogP contribution < -0.4 is 15.5 Å². The molecule has 2 amide bonds. The summed E-state index contributed by atoms with van der Waals surface area (Å²) >= 11 is 0. The largest absolute Gasteiger partial charge is 0.385 e. The van der Waals surface area contributed by atoms with Crippen molar-refractivity contribution in [3.63, 3.8) is 0 Å². The molecule has 3 heterocycles. The number of pyridine rings is 1. The maximum atomic E-state index is 14.3. The fraction of sp³-hybridized carbons (Fsp3) is 0.357. The first-order valence-electron chi connectivity index (χ1n) is 12.2. The van der Waals surface area contributed by atoms with Crippen molar-refractivity contribution in [3.05, 3.63) is 77.0 Å². The number of allylic oxidation sites excluding steroid dienone is 2. The van der Waals surface area contributed by atoms with E-state index in [1.807, 2.05) is 31.3 Å². The highest BCUT2D eigenvalue weighted by molar-refractivity contribution is 6.03. The molecule has 1 saturated carbocycles. The number of aromatic nitrogens is 1. The van der Waals surface area contributed by atoms with Gasteiger partial charge in [0.2, 0.25) is 5.91 Å². The van der Waals surface area contributed by atoms with E-state index in [2.05, 4.69) is 21.7 Å². The van der Waals surface area contributed by atoms with Crippen LogP contribution in [-0.2, 0) is 11.3 Å². The van der Waals surface area contributed by atoms with Crippen molar-refractivity contribution < 1.29 is 14.0 Å². The quantitative estimate of drug-likeness (QED) is 0.645. The molecule has 0 radical (unpaired) electrons. The van der Waals surface area contributed by atoms with E-state index in [-0.39, 0.29) is 35.9 Å². The average molecular weight is 486 g/mol. The molecular formula is C28H28FN5O2. The lowest BCUT2D eigenvalue weighted by Gasteiger charge is -2.21. The van der Waals surface area contributed by atoms with Crippen molar-refractivity contribution in [1.82, 2.24) is 15.6 Å². The van der Waals surface area contributed by atoms with Crippen LogP contribution in [-0.4, -0.2) is 29.4 Å². The fourth-order valence-electron chi connectivity index (χ4n) is 5.10. The normalized spacial score (nSPS) is 23.2. The summed E-state index contributed by atoms with van der Waals surface area (Å²) in [4.78, 5) is 32.1. The van der Waals surface area contributed by atoms with Gasteiger partial charge < -0.3 is 15.5 Å². The summed E-state index contributed by atoms with van der Waals surface area (Å²) in [6, 6.07) is 10.5. The minimum absolute atomic E-state index is 0.126. The number of halogens is 1. The topological polar surface area (TPSA) is 98.1 Å². The Morgan fingerprint density at radius 1 is 1.31 bits per heavy atom. The Bertz CT molecular complexity index is 1340. The molecule has 2 atom stereocenters. The number of nitrogens with zero attached hydrogens (tertiary/aromatic N) is 3. The molecule has 1 aromatic carbocycles. The van der Waals surface area contributed by atoms with Gasteiger partial charge in [0, 0.05) is 30.5 Å². The predicted octanol–water partition coefficient (Wildman–Crippen LogP) is 4.00. The molecule has 2 fully saturated rings. The van der Waals surface area contributed by atoms with Gasteiger partial charge in [0.1, 0.15) is 16.9 Å². The third-order valence-corrected chi connectivity index (χ3v) is 7.11. The minimum Gasteiger partial charge on any atom is -0.385 e. The molecule has 1 saturated heterocycles. The van der Waals surface area contributed by atoms with Gasteiger partial charge in [-0.15, -0.1) is 0 Å². The molecule has 3 aliphatic rings. The van der Waals surface area contributed by atoms with Gasteiger partial charge in [-0.05, 0) is 98.3 Å². The maximum Gasteiger partial charge on any atom is 0.270 e. The van der Waals surface area contributed by atoms with E-state index in [1.165, 1.54) is 12.1 Å². The van der Waals surface area contributed by atoms with E-state index < -0.39 is 11.3 Å². The van der Waals surface area contributed by atoms with E-state index >= 15 is 0 Å². The first kappa shape index (κ1) is 23.7. The Morgan fingerprint density at radius 3 is 2.83 bits per heavy atom. The number of hydrogen-bond donors (Lipinski definition) is 2. The molecule has 0 spiro atoms. The van der Waals surface area contributed by atoms with Gasteiger partial charge >= 0.3 is 0 Å². The summed E-state index contributed by atoms with van der Waals surface area (Å²) in [6.07, 6.45) is 8.04. The zero-order valence-electron chi connectivity index (χ0n) is 20.3. The number of benzene rings is 1. The Balaban J connectivity index is 1.32. The number of anilines is 1. The van der Waals surface area contributed by atoms with Gasteiger partial charge in [-0.2, -0.15) is 5.26 Å². The lowest BCUT2D eigenvalue weighted by atomic mass is 9.83. The third-order valence-electron chi connectivity index (χ3n) is 7.11. The molecule has 8 heteroatoms. The van der Waals surface area contributed by atoms with Gasteiger partial charge in [-0.1, -0.05) is 6.08 Å². The molecule has 1 aliphatic carbocycles. The lowest BCUT2D eigenvalue weighted by Crippen LogP contribution is -2.35. The predicted molar refractivity (Wildman–Crippen MR) is 134 cm³/mol. The summed E-state index contributed by atoms with van der Waals surface area (Å²) in [5.41, 5.74) is 2.67. The van der Waals surface area contributed by atoms with Crippen molar-refractivity contribution in [2.75, 3.05) is 11.4 Å². The Hall–Kier alpha value is -3.99. The molecule has 7 nitrogen and oxygen atoms in total. The van der Waals surface area contributed by atoms with Crippen LogP contribution in [0.5, 0.6) is 0 Å².